The Morgan fingerprint density at radius 3 is 2.71 bits per heavy atom. The fourth-order valence-electron chi connectivity index (χ4n) is 2.09. The minimum atomic E-state index is -0.168. The lowest BCUT2D eigenvalue weighted by Crippen LogP contribution is -2.55. The number of halogens is 2. The molecule has 1 aliphatic rings. The lowest BCUT2D eigenvalue weighted by molar-refractivity contribution is 0.0853. The molecule has 92 valence electrons. The van der Waals surface area contributed by atoms with E-state index in [-0.39, 0.29) is 11.4 Å². The summed E-state index contributed by atoms with van der Waals surface area (Å²) in [5.74, 6) is 0.476. The summed E-state index contributed by atoms with van der Waals surface area (Å²) in [5, 5.41) is 3.07. The van der Waals surface area contributed by atoms with Gasteiger partial charge in [0, 0.05) is 15.9 Å². The van der Waals surface area contributed by atoms with Gasteiger partial charge in [0.1, 0.15) is 0 Å². The highest BCUT2D eigenvalue weighted by Crippen LogP contribution is 2.33. The normalized spacial score (nSPS) is 17.4. The van der Waals surface area contributed by atoms with Crippen molar-refractivity contribution >= 4 is 33.4 Å². The Morgan fingerprint density at radius 2 is 2.24 bits per heavy atom. The second-order valence-corrected chi connectivity index (χ2v) is 5.86. The highest BCUT2D eigenvalue weighted by Gasteiger charge is 2.37. The number of hydrogen-bond donors (Lipinski definition) is 1. The van der Waals surface area contributed by atoms with Crippen molar-refractivity contribution in [1.82, 2.24) is 5.32 Å². The molecule has 0 aromatic heterocycles. The average molecular weight is 317 g/mol. The number of carbonyl (C=O) groups is 1. The summed E-state index contributed by atoms with van der Waals surface area (Å²) in [7, 11) is 0. The van der Waals surface area contributed by atoms with Crippen molar-refractivity contribution in [1.29, 1.82) is 0 Å². The highest BCUT2D eigenvalue weighted by molar-refractivity contribution is 9.10. The molecule has 17 heavy (non-hydrogen) atoms. The van der Waals surface area contributed by atoms with Gasteiger partial charge in [0.25, 0.3) is 5.91 Å². The molecule has 0 heterocycles. The van der Waals surface area contributed by atoms with Crippen molar-refractivity contribution in [2.45, 2.75) is 31.7 Å². The summed E-state index contributed by atoms with van der Waals surface area (Å²) in [6.45, 7) is 1.94. The van der Waals surface area contributed by atoms with E-state index in [9.17, 15) is 4.79 Å². The lowest BCUT2D eigenvalue weighted by Gasteiger charge is -2.41. The van der Waals surface area contributed by atoms with E-state index in [4.69, 9.17) is 11.6 Å². The largest absolute Gasteiger partial charge is 0.345 e. The Hall–Kier alpha value is -0.540. The minimum Gasteiger partial charge on any atom is -0.345 e. The molecule has 1 N–H and O–H groups in total. The lowest BCUT2D eigenvalue weighted by atomic mass is 9.78. The van der Waals surface area contributed by atoms with Crippen molar-refractivity contribution in [3.05, 3.63) is 33.8 Å². The average Bonchev–Trinajstić information content (AvgIpc) is 2.23. The van der Waals surface area contributed by atoms with Gasteiger partial charge in [0.05, 0.1) is 5.54 Å². The van der Waals surface area contributed by atoms with Crippen LogP contribution in [-0.4, -0.2) is 17.3 Å². The quantitative estimate of drug-likeness (QED) is 0.847. The smallest absolute Gasteiger partial charge is 0.252 e. The second-order valence-electron chi connectivity index (χ2n) is 4.68. The predicted octanol–water partition coefficient (Wildman–Crippen LogP) is 3.65. The molecule has 1 fully saturated rings. The topological polar surface area (TPSA) is 29.1 Å². The Kier molecular flexibility index (Phi) is 3.79. The first-order chi connectivity index (χ1) is 8.06. The number of carbonyl (C=O) groups excluding carboxylic acids is 1. The van der Waals surface area contributed by atoms with E-state index in [1.807, 2.05) is 25.1 Å². The molecule has 0 atom stereocenters. The monoisotopic (exact) mass is 315 g/mol. The zero-order chi connectivity index (χ0) is 12.5. The molecular formula is C13H15BrClNO. The SMILES string of the molecule is Cc1cc(Br)ccc1C(=O)NC1(CCl)CCC1. The van der Waals surface area contributed by atoms with Crippen molar-refractivity contribution in [3.8, 4) is 0 Å². The maximum absolute atomic E-state index is 12.2. The highest BCUT2D eigenvalue weighted by atomic mass is 79.9. The van der Waals surface area contributed by atoms with Crippen LogP contribution >= 0.6 is 27.5 Å². The van der Waals surface area contributed by atoms with Gasteiger partial charge < -0.3 is 5.32 Å². The van der Waals surface area contributed by atoms with Gasteiger partial charge in [-0.05, 0) is 49.9 Å². The molecule has 0 unspecified atom stereocenters. The van der Waals surface area contributed by atoms with Crippen LogP contribution in [0.4, 0.5) is 0 Å². The van der Waals surface area contributed by atoms with E-state index in [0.717, 1.165) is 34.9 Å². The van der Waals surface area contributed by atoms with Gasteiger partial charge in [-0.2, -0.15) is 0 Å². The zero-order valence-corrected chi connectivity index (χ0v) is 12.1. The molecule has 0 aliphatic heterocycles. The number of amides is 1. The second kappa shape index (κ2) is 4.99. The molecule has 0 bridgehead atoms. The molecular weight excluding hydrogens is 302 g/mol. The Morgan fingerprint density at radius 1 is 1.53 bits per heavy atom. The predicted molar refractivity (Wildman–Crippen MR) is 73.6 cm³/mol. The molecule has 2 nitrogen and oxygen atoms in total. The van der Waals surface area contributed by atoms with E-state index in [1.165, 1.54) is 0 Å². The third-order valence-electron chi connectivity index (χ3n) is 3.38. The molecule has 0 spiro atoms. The molecule has 0 radical (unpaired) electrons. The summed E-state index contributed by atoms with van der Waals surface area (Å²) in [5.41, 5.74) is 1.53. The Balaban J connectivity index is 2.14. The van der Waals surface area contributed by atoms with Gasteiger partial charge in [-0.3, -0.25) is 4.79 Å². The Bertz CT molecular complexity index is 438. The maximum atomic E-state index is 12.2. The molecule has 2 rings (SSSR count). The summed E-state index contributed by atoms with van der Waals surface area (Å²) in [6, 6.07) is 5.68. The first-order valence-corrected chi connectivity index (χ1v) is 7.04. The van der Waals surface area contributed by atoms with Crippen LogP contribution in [0.3, 0.4) is 0 Å². The van der Waals surface area contributed by atoms with E-state index >= 15 is 0 Å². The Labute approximate surface area is 115 Å². The number of nitrogens with one attached hydrogen (secondary N) is 1. The number of alkyl halides is 1. The number of rotatable bonds is 3. The van der Waals surface area contributed by atoms with Crippen LogP contribution in [0.2, 0.25) is 0 Å². The van der Waals surface area contributed by atoms with Crippen LogP contribution < -0.4 is 5.32 Å². The van der Waals surface area contributed by atoms with E-state index in [1.54, 1.807) is 0 Å². The third kappa shape index (κ3) is 2.66. The van der Waals surface area contributed by atoms with Crippen LogP contribution in [0.15, 0.2) is 22.7 Å². The van der Waals surface area contributed by atoms with Crippen molar-refractivity contribution in [2.75, 3.05) is 5.88 Å². The fourth-order valence-corrected chi connectivity index (χ4v) is 2.90. The van der Waals surface area contributed by atoms with Gasteiger partial charge in [0.15, 0.2) is 0 Å². The fraction of sp³-hybridized carbons (Fsp3) is 0.462. The summed E-state index contributed by atoms with van der Waals surface area (Å²) in [4.78, 5) is 12.2. The van der Waals surface area contributed by atoms with Crippen molar-refractivity contribution in [2.24, 2.45) is 0 Å². The van der Waals surface area contributed by atoms with Crippen LogP contribution in [0.5, 0.6) is 0 Å². The van der Waals surface area contributed by atoms with Gasteiger partial charge in [-0.15, -0.1) is 11.6 Å². The molecule has 1 aromatic rings. The third-order valence-corrected chi connectivity index (χ3v) is 4.38. The van der Waals surface area contributed by atoms with Crippen molar-refractivity contribution < 1.29 is 4.79 Å². The first-order valence-electron chi connectivity index (χ1n) is 5.71. The molecule has 1 aliphatic carbocycles. The molecule has 1 amide bonds. The summed E-state index contributed by atoms with van der Waals surface area (Å²) >= 11 is 9.33. The number of benzene rings is 1. The van der Waals surface area contributed by atoms with Crippen molar-refractivity contribution in [3.63, 3.8) is 0 Å². The first kappa shape index (κ1) is 12.9. The van der Waals surface area contributed by atoms with Crippen LogP contribution in [-0.2, 0) is 0 Å². The van der Waals surface area contributed by atoms with Gasteiger partial charge in [-0.1, -0.05) is 15.9 Å². The van der Waals surface area contributed by atoms with Gasteiger partial charge in [0.2, 0.25) is 0 Å². The molecule has 0 saturated heterocycles. The maximum Gasteiger partial charge on any atom is 0.252 e. The van der Waals surface area contributed by atoms with Crippen LogP contribution in [0.25, 0.3) is 0 Å². The standard InChI is InChI=1S/C13H15BrClNO/c1-9-7-10(14)3-4-11(9)12(17)16-13(8-15)5-2-6-13/h3-4,7H,2,5-6,8H2,1H3,(H,16,17). The van der Waals surface area contributed by atoms with Crippen LogP contribution in [0.1, 0.15) is 35.2 Å². The van der Waals surface area contributed by atoms with Crippen LogP contribution in [0, 0.1) is 6.92 Å². The minimum absolute atomic E-state index is 0.0182. The van der Waals surface area contributed by atoms with Gasteiger partial charge >= 0.3 is 0 Å². The van der Waals surface area contributed by atoms with E-state index in [2.05, 4.69) is 21.2 Å². The molecule has 4 heteroatoms. The number of hydrogen-bond acceptors (Lipinski definition) is 1. The van der Waals surface area contributed by atoms with E-state index < -0.39 is 0 Å². The number of aryl methyl sites for hydroxylation is 1. The van der Waals surface area contributed by atoms with Gasteiger partial charge in [-0.25, -0.2) is 0 Å². The summed E-state index contributed by atoms with van der Waals surface area (Å²) < 4.78 is 0.988. The molecule has 1 aromatic carbocycles. The zero-order valence-electron chi connectivity index (χ0n) is 9.72. The summed E-state index contributed by atoms with van der Waals surface area (Å²) in [6.07, 6.45) is 3.11. The van der Waals surface area contributed by atoms with E-state index in [0.29, 0.717) is 5.88 Å². The molecule has 1 saturated carbocycles.